The lowest BCUT2D eigenvalue weighted by Crippen LogP contribution is -2.38. The number of aromatic nitrogens is 2. The van der Waals surface area contributed by atoms with E-state index in [0.29, 0.717) is 12.5 Å². The second kappa shape index (κ2) is 8.05. The number of hydrogen-bond donors (Lipinski definition) is 1. The molecule has 0 aliphatic heterocycles. The lowest BCUT2D eigenvalue weighted by Gasteiger charge is -2.22. The normalized spacial score (nSPS) is 11.8. The molecule has 2 aromatic rings. The third-order valence-corrected chi connectivity index (χ3v) is 4.08. The van der Waals surface area contributed by atoms with Crippen molar-refractivity contribution in [1.29, 1.82) is 0 Å². The quantitative estimate of drug-likeness (QED) is 0.634. The molecule has 1 aromatic heterocycles. The van der Waals surface area contributed by atoms with Gasteiger partial charge in [-0.2, -0.15) is 8.78 Å². The van der Waals surface area contributed by atoms with Crippen LogP contribution in [0.4, 0.5) is 8.78 Å². The van der Waals surface area contributed by atoms with Crippen LogP contribution in [0.5, 0.6) is 0 Å². The van der Waals surface area contributed by atoms with Crippen molar-refractivity contribution in [2.24, 2.45) is 4.99 Å². The number of alkyl halides is 2. The minimum atomic E-state index is -2.60. The fourth-order valence-corrected chi connectivity index (χ4v) is 2.57. The van der Waals surface area contributed by atoms with Gasteiger partial charge in [-0.25, -0.2) is 4.98 Å². The zero-order valence-electron chi connectivity index (χ0n) is 12.9. The Kier molecular flexibility index (Phi) is 6.09. The highest BCUT2D eigenvalue weighted by molar-refractivity contribution is 9.10. The molecular formula is C15H18BrF2N5. The fraction of sp³-hybridized carbons (Fsp3) is 0.333. The Labute approximate surface area is 142 Å². The van der Waals surface area contributed by atoms with E-state index in [1.165, 1.54) is 12.4 Å². The summed E-state index contributed by atoms with van der Waals surface area (Å²) in [5, 5.41) is 3.05. The molecule has 2 rings (SSSR count). The SMILES string of the molecule is CN=C(NCc1nccn1C(F)F)N(C)Cc1ccccc1Br. The number of halogens is 3. The summed E-state index contributed by atoms with van der Waals surface area (Å²) in [7, 11) is 3.53. The first-order chi connectivity index (χ1) is 11.0. The molecule has 8 heteroatoms. The summed E-state index contributed by atoms with van der Waals surface area (Å²) in [5.41, 5.74) is 1.10. The molecule has 23 heavy (non-hydrogen) atoms. The van der Waals surface area contributed by atoms with Crippen LogP contribution in [0.2, 0.25) is 0 Å². The number of rotatable bonds is 5. The number of imidazole rings is 1. The van der Waals surface area contributed by atoms with E-state index in [1.807, 2.05) is 36.2 Å². The minimum absolute atomic E-state index is 0.171. The average molecular weight is 386 g/mol. The van der Waals surface area contributed by atoms with Gasteiger partial charge < -0.3 is 10.2 Å². The van der Waals surface area contributed by atoms with Crippen LogP contribution in [-0.2, 0) is 13.1 Å². The largest absolute Gasteiger partial charge is 0.349 e. The van der Waals surface area contributed by atoms with E-state index in [2.05, 4.69) is 31.2 Å². The number of guanidine groups is 1. The maximum absolute atomic E-state index is 12.8. The summed E-state index contributed by atoms with van der Waals surface area (Å²) < 4.78 is 27.5. The highest BCUT2D eigenvalue weighted by atomic mass is 79.9. The molecule has 0 radical (unpaired) electrons. The van der Waals surface area contributed by atoms with E-state index >= 15 is 0 Å². The van der Waals surface area contributed by atoms with Crippen molar-refractivity contribution in [2.75, 3.05) is 14.1 Å². The van der Waals surface area contributed by atoms with Gasteiger partial charge in [-0.05, 0) is 11.6 Å². The molecule has 0 fully saturated rings. The van der Waals surface area contributed by atoms with Crippen molar-refractivity contribution in [1.82, 2.24) is 19.8 Å². The monoisotopic (exact) mass is 385 g/mol. The zero-order valence-corrected chi connectivity index (χ0v) is 14.5. The van der Waals surface area contributed by atoms with Crippen molar-refractivity contribution >= 4 is 21.9 Å². The Morgan fingerprint density at radius 1 is 1.43 bits per heavy atom. The number of aliphatic imine (C=N–C) groups is 1. The maximum atomic E-state index is 12.8. The molecule has 0 amide bonds. The van der Waals surface area contributed by atoms with Gasteiger partial charge in [-0.15, -0.1) is 0 Å². The standard InChI is InChI=1S/C15H18BrF2N5/c1-19-15(21-9-13-20-7-8-23(13)14(17)18)22(2)10-11-5-3-4-6-12(11)16/h3-8,14H,9-10H2,1-2H3,(H,19,21). The van der Waals surface area contributed by atoms with Crippen molar-refractivity contribution in [3.8, 4) is 0 Å². The molecule has 0 atom stereocenters. The third kappa shape index (κ3) is 4.51. The maximum Gasteiger partial charge on any atom is 0.319 e. The van der Waals surface area contributed by atoms with E-state index in [-0.39, 0.29) is 12.4 Å². The van der Waals surface area contributed by atoms with Crippen LogP contribution in [0.15, 0.2) is 46.1 Å². The Bertz CT molecular complexity index is 671. The molecule has 0 spiro atoms. The highest BCUT2D eigenvalue weighted by Crippen LogP contribution is 2.17. The molecule has 1 heterocycles. The Hall–Kier alpha value is -1.96. The van der Waals surface area contributed by atoms with E-state index in [0.717, 1.165) is 14.6 Å². The molecule has 1 aromatic carbocycles. The Balaban J connectivity index is 2.00. The zero-order chi connectivity index (χ0) is 16.8. The number of nitrogens with one attached hydrogen (secondary N) is 1. The first-order valence-electron chi connectivity index (χ1n) is 6.98. The lowest BCUT2D eigenvalue weighted by atomic mass is 10.2. The lowest BCUT2D eigenvalue weighted by molar-refractivity contribution is 0.0668. The second-order valence-electron chi connectivity index (χ2n) is 4.88. The van der Waals surface area contributed by atoms with Crippen LogP contribution in [0.3, 0.4) is 0 Å². The van der Waals surface area contributed by atoms with E-state index in [4.69, 9.17) is 0 Å². The molecule has 124 valence electrons. The average Bonchev–Trinajstić information content (AvgIpc) is 2.99. The number of nitrogens with zero attached hydrogens (tertiary/aromatic N) is 4. The minimum Gasteiger partial charge on any atom is -0.349 e. The Morgan fingerprint density at radius 2 is 2.17 bits per heavy atom. The van der Waals surface area contributed by atoms with Gasteiger partial charge in [0.05, 0.1) is 6.54 Å². The van der Waals surface area contributed by atoms with Crippen molar-refractivity contribution in [3.63, 3.8) is 0 Å². The van der Waals surface area contributed by atoms with Gasteiger partial charge in [0.2, 0.25) is 0 Å². The topological polar surface area (TPSA) is 45.5 Å². The molecule has 5 nitrogen and oxygen atoms in total. The summed E-state index contributed by atoms with van der Waals surface area (Å²) in [4.78, 5) is 10.0. The van der Waals surface area contributed by atoms with E-state index in [9.17, 15) is 8.78 Å². The summed E-state index contributed by atoms with van der Waals surface area (Å²) in [5.74, 6) is 0.861. The van der Waals surface area contributed by atoms with E-state index in [1.54, 1.807) is 7.05 Å². The highest BCUT2D eigenvalue weighted by Gasteiger charge is 2.13. The summed E-state index contributed by atoms with van der Waals surface area (Å²) in [6.07, 6.45) is 2.62. The molecule has 0 unspecified atom stereocenters. The molecule has 0 saturated carbocycles. The summed E-state index contributed by atoms with van der Waals surface area (Å²) in [6, 6.07) is 7.89. The van der Waals surface area contributed by atoms with E-state index < -0.39 is 6.55 Å². The van der Waals surface area contributed by atoms with Crippen LogP contribution in [0.25, 0.3) is 0 Å². The van der Waals surface area contributed by atoms with Gasteiger partial charge in [0.1, 0.15) is 5.82 Å². The van der Waals surface area contributed by atoms with Gasteiger partial charge in [0.25, 0.3) is 0 Å². The van der Waals surface area contributed by atoms with Crippen LogP contribution < -0.4 is 5.32 Å². The van der Waals surface area contributed by atoms with Gasteiger partial charge in [-0.1, -0.05) is 34.1 Å². The van der Waals surface area contributed by atoms with Crippen molar-refractivity contribution < 1.29 is 8.78 Å². The summed E-state index contributed by atoms with van der Waals surface area (Å²) in [6.45, 7) is -1.80. The predicted octanol–water partition coefficient (Wildman–Crippen LogP) is 3.25. The molecular weight excluding hydrogens is 368 g/mol. The predicted molar refractivity (Wildman–Crippen MR) is 89.3 cm³/mol. The molecule has 0 bridgehead atoms. The van der Waals surface area contributed by atoms with Crippen molar-refractivity contribution in [2.45, 2.75) is 19.6 Å². The van der Waals surface area contributed by atoms with Gasteiger partial charge >= 0.3 is 6.55 Å². The fourth-order valence-electron chi connectivity index (χ4n) is 2.16. The Morgan fingerprint density at radius 3 is 2.83 bits per heavy atom. The molecule has 0 aliphatic rings. The molecule has 0 aliphatic carbocycles. The number of benzene rings is 1. The van der Waals surface area contributed by atoms with Gasteiger partial charge in [0.15, 0.2) is 5.96 Å². The van der Waals surface area contributed by atoms with Gasteiger partial charge in [0, 0.05) is 37.5 Å². The van der Waals surface area contributed by atoms with Crippen LogP contribution in [0.1, 0.15) is 17.9 Å². The molecule has 0 saturated heterocycles. The summed E-state index contributed by atoms with van der Waals surface area (Å²) >= 11 is 3.51. The van der Waals surface area contributed by atoms with Gasteiger partial charge in [-0.3, -0.25) is 9.56 Å². The first kappa shape index (κ1) is 17.4. The second-order valence-corrected chi connectivity index (χ2v) is 5.73. The van der Waals surface area contributed by atoms with Crippen molar-refractivity contribution in [3.05, 3.63) is 52.5 Å². The first-order valence-corrected chi connectivity index (χ1v) is 7.77. The van der Waals surface area contributed by atoms with Crippen LogP contribution >= 0.6 is 15.9 Å². The molecule has 1 N–H and O–H groups in total. The number of hydrogen-bond acceptors (Lipinski definition) is 2. The smallest absolute Gasteiger partial charge is 0.319 e. The van der Waals surface area contributed by atoms with Crippen LogP contribution in [-0.4, -0.2) is 34.5 Å². The van der Waals surface area contributed by atoms with Crippen LogP contribution in [0, 0.1) is 0 Å². The third-order valence-electron chi connectivity index (χ3n) is 3.30.